The van der Waals surface area contributed by atoms with Gasteiger partial charge in [0.25, 0.3) is 0 Å². The van der Waals surface area contributed by atoms with Crippen LogP contribution in [0, 0.1) is 0 Å². The molecule has 1 N–H and O–H groups in total. The Morgan fingerprint density at radius 2 is 2.10 bits per heavy atom. The summed E-state index contributed by atoms with van der Waals surface area (Å²) in [5.41, 5.74) is 1.12. The maximum absolute atomic E-state index is 5.78. The van der Waals surface area contributed by atoms with Gasteiger partial charge >= 0.3 is 0 Å². The van der Waals surface area contributed by atoms with Crippen LogP contribution < -0.4 is 10.1 Å². The first-order valence-electron chi connectivity index (χ1n) is 7.62. The molecule has 4 nitrogen and oxygen atoms in total. The second kappa shape index (κ2) is 8.12. The Kier molecular flexibility index (Phi) is 6.15. The highest BCUT2D eigenvalue weighted by Crippen LogP contribution is 2.16. The van der Waals surface area contributed by atoms with Gasteiger partial charge in [-0.1, -0.05) is 13.8 Å². The maximum Gasteiger partial charge on any atom is 0.119 e. The van der Waals surface area contributed by atoms with Gasteiger partial charge in [0, 0.05) is 25.3 Å². The summed E-state index contributed by atoms with van der Waals surface area (Å²) >= 11 is 0. The molecule has 4 heteroatoms. The summed E-state index contributed by atoms with van der Waals surface area (Å²) in [7, 11) is 0. The molecule has 1 aliphatic rings. The van der Waals surface area contributed by atoms with Gasteiger partial charge in [-0.25, -0.2) is 0 Å². The predicted octanol–water partition coefficient (Wildman–Crippen LogP) is 2.61. The lowest BCUT2D eigenvalue weighted by atomic mass is 10.2. The molecule has 1 fully saturated rings. The van der Waals surface area contributed by atoms with E-state index in [-0.39, 0.29) is 6.10 Å². The molecule has 0 bridgehead atoms. The summed E-state index contributed by atoms with van der Waals surface area (Å²) in [6, 6.07) is 8.15. The van der Waals surface area contributed by atoms with Crippen molar-refractivity contribution in [3.63, 3.8) is 0 Å². The second-order valence-corrected chi connectivity index (χ2v) is 5.14. The van der Waals surface area contributed by atoms with Crippen molar-refractivity contribution in [1.29, 1.82) is 0 Å². The molecule has 0 aliphatic carbocycles. The van der Waals surface area contributed by atoms with Crippen molar-refractivity contribution in [2.75, 3.05) is 44.7 Å². The highest BCUT2D eigenvalue weighted by atomic mass is 16.5. The molecule has 112 valence electrons. The zero-order valence-electron chi connectivity index (χ0n) is 12.6. The summed E-state index contributed by atoms with van der Waals surface area (Å²) in [5, 5.41) is 3.44. The largest absolute Gasteiger partial charge is 0.494 e. The van der Waals surface area contributed by atoms with Gasteiger partial charge in [0.1, 0.15) is 5.75 Å². The fraction of sp³-hybridized carbons (Fsp3) is 0.625. The van der Waals surface area contributed by atoms with E-state index < -0.39 is 0 Å². The maximum atomic E-state index is 5.78. The van der Waals surface area contributed by atoms with Crippen molar-refractivity contribution < 1.29 is 9.47 Å². The SMILES string of the molecule is CCCOc1ccc(NCC2CN(CC)CCO2)cc1. The summed E-state index contributed by atoms with van der Waals surface area (Å²) in [6.45, 7) is 9.94. The third kappa shape index (κ3) is 4.69. The van der Waals surface area contributed by atoms with E-state index in [0.717, 1.165) is 57.3 Å². The molecule has 1 saturated heterocycles. The van der Waals surface area contributed by atoms with E-state index in [1.54, 1.807) is 0 Å². The van der Waals surface area contributed by atoms with Crippen molar-refractivity contribution in [1.82, 2.24) is 4.90 Å². The van der Waals surface area contributed by atoms with Crippen molar-refractivity contribution in [2.24, 2.45) is 0 Å². The average Bonchev–Trinajstić information content (AvgIpc) is 2.52. The normalized spacial score (nSPS) is 19.8. The number of likely N-dealkylation sites (N-methyl/N-ethyl adjacent to an activating group) is 1. The highest BCUT2D eigenvalue weighted by molar-refractivity contribution is 5.46. The number of nitrogens with one attached hydrogen (secondary N) is 1. The Hall–Kier alpha value is -1.26. The van der Waals surface area contributed by atoms with E-state index in [9.17, 15) is 0 Å². The third-order valence-corrected chi connectivity index (χ3v) is 3.53. The van der Waals surface area contributed by atoms with Crippen LogP contribution in [0.4, 0.5) is 5.69 Å². The molecule has 1 aliphatic heterocycles. The quantitative estimate of drug-likeness (QED) is 0.831. The Bertz CT molecular complexity index is 381. The molecular formula is C16H26N2O2. The Morgan fingerprint density at radius 1 is 1.30 bits per heavy atom. The Morgan fingerprint density at radius 3 is 2.80 bits per heavy atom. The van der Waals surface area contributed by atoms with Crippen LogP contribution in [0.2, 0.25) is 0 Å². The first-order chi connectivity index (χ1) is 9.81. The molecule has 20 heavy (non-hydrogen) atoms. The molecule has 1 heterocycles. The second-order valence-electron chi connectivity index (χ2n) is 5.14. The number of hydrogen-bond acceptors (Lipinski definition) is 4. The first kappa shape index (κ1) is 15.1. The molecular weight excluding hydrogens is 252 g/mol. The zero-order chi connectivity index (χ0) is 14.2. The molecule has 0 radical (unpaired) electrons. The lowest BCUT2D eigenvalue weighted by Gasteiger charge is -2.32. The number of ether oxygens (including phenoxy) is 2. The molecule has 1 aromatic rings. The summed E-state index contributed by atoms with van der Waals surface area (Å²) < 4.78 is 11.4. The minimum absolute atomic E-state index is 0.278. The molecule has 1 atom stereocenters. The van der Waals surface area contributed by atoms with Crippen LogP contribution in [0.5, 0.6) is 5.75 Å². The van der Waals surface area contributed by atoms with Crippen LogP contribution in [0.1, 0.15) is 20.3 Å². The smallest absolute Gasteiger partial charge is 0.119 e. The number of hydrogen-bond donors (Lipinski definition) is 1. The minimum atomic E-state index is 0.278. The molecule has 0 saturated carbocycles. The van der Waals surface area contributed by atoms with Crippen LogP contribution in [0.3, 0.4) is 0 Å². The molecule has 0 amide bonds. The number of anilines is 1. The number of morpholine rings is 1. The topological polar surface area (TPSA) is 33.7 Å². The molecule has 1 unspecified atom stereocenters. The minimum Gasteiger partial charge on any atom is -0.494 e. The molecule has 0 aromatic heterocycles. The standard InChI is InChI=1S/C16H26N2O2/c1-3-10-19-15-7-5-14(6-8-15)17-12-16-13-18(4-2)9-11-20-16/h5-8,16-17H,3-4,9-13H2,1-2H3. The fourth-order valence-corrected chi connectivity index (χ4v) is 2.31. The third-order valence-electron chi connectivity index (χ3n) is 3.53. The van der Waals surface area contributed by atoms with Gasteiger partial charge in [0.05, 0.1) is 19.3 Å². The van der Waals surface area contributed by atoms with Gasteiger partial charge in [-0.15, -0.1) is 0 Å². The molecule has 2 rings (SSSR count). The Labute approximate surface area is 122 Å². The van der Waals surface area contributed by atoms with Gasteiger partial charge in [-0.05, 0) is 37.2 Å². The summed E-state index contributed by atoms with van der Waals surface area (Å²) in [6.07, 6.45) is 1.31. The van der Waals surface area contributed by atoms with Crippen LogP contribution >= 0.6 is 0 Å². The zero-order valence-corrected chi connectivity index (χ0v) is 12.6. The average molecular weight is 278 g/mol. The fourth-order valence-electron chi connectivity index (χ4n) is 2.31. The summed E-state index contributed by atoms with van der Waals surface area (Å²) in [4.78, 5) is 2.43. The molecule has 0 spiro atoms. The van der Waals surface area contributed by atoms with Crippen molar-refractivity contribution in [3.8, 4) is 5.75 Å². The van der Waals surface area contributed by atoms with Crippen molar-refractivity contribution in [3.05, 3.63) is 24.3 Å². The van der Waals surface area contributed by atoms with E-state index in [1.165, 1.54) is 0 Å². The lowest BCUT2D eigenvalue weighted by Crippen LogP contribution is -2.45. The number of benzene rings is 1. The van der Waals surface area contributed by atoms with Crippen molar-refractivity contribution >= 4 is 5.69 Å². The van der Waals surface area contributed by atoms with E-state index in [1.807, 2.05) is 12.1 Å². The van der Waals surface area contributed by atoms with Crippen LogP contribution in [0.15, 0.2) is 24.3 Å². The van der Waals surface area contributed by atoms with Crippen LogP contribution in [-0.4, -0.2) is 50.4 Å². The van der Waals surface area contributed by atoms with Crippen molar-refractivity contribution in [2.45, 2.75) is 26.4 Å². The number of nitrogens with zero attached hydrogens (tertiary/aromatic N) is 1. The van der Waals surface area contributed by atoms with Gasteiger partial charge < -0.3 is 14.8 Å². The molecule has 1 aromatic carbocycles. The van der Waals surface area contributed by atoms with E-state index >= 15 is 0 Å². The summed E-state index contributed by atoms with van der Waals surface area (Å²) in [5.74, 6) is 0.934. The Balaban J connectivity index is 1.75. The van der Waals surface area contributed by atoms with Gasteiger partial charge in [0.15, 0.2) is 0 Å². The van der Waals surface area contributed by atoms with Gasteiger partial charge in [-0.2, -0.15) is 0 Å². The lowest BCUT2D eigenvalue weighted by molar-refractivity contribution is -0.0191. The van der Waals surface area contributed by atoms with Crippen LogP contribution in [-0.2, 0) is 4.74 Å². The van der Waals surface area contributed by atoms with Crippen LogP contribution in [0.25, 0.3) is 0 Å². The van der Waals surface area contributed by atoms with E-state index in [4.69, 9.17) is 9.47 Å². The van der Waals surface area contributed by atoms with Gasteiger partial charge in [-0.3, -0.25) is 4.90 Å². The highest BCUT2D eigenvalue weighted by Gasteiger charge is 2.18. The first-order valence-corrected chi connectivity index (χ1v) is 7.62. The van der Waals surface area contributed by atoms with E-state index in [2.05, 4.69) is 36.2 Å². The van der Waals surface area contributed by atoms with Gasteiger partial charge in [0.2, 0.25) is 0 Å². The van der Waals surface area contributed by atoms with E-state index in [0.29, 0.717) is 0 Å². The predicted molar refractivity (Wildman–Crippen MR) is 82.6 cm³/mol. The number of rotatable bonds is 7. The monoisotopic (exact) mass is 278 g/mol.